The van der Waals surface area contributed by atoms with E-state index in [-0.39, 0.29) is 5.56 Å². The molecule has 0 fully saturated rings. The zero-order chi connectivity index (χ0) is 14.4. The number of thioether (sulfide) groups is 1. The lowest BCUT2D eigenvalue weighted by atomic mass is 9.94. The standard InChI is InChI=1S/C14H14N4OS/c1-16-14(9-15,11-5-3-2-4-6-11)10-20-13-17-8-7-12(19)18-13/h2-8,16H,10H2,1H3,(H,17,18,19). The van der Waals surface area contributed by atoms with E-state index in [1.165, 1.54) is 24.0 Å². The highest BCUT2D eigenvalue weighted by molar-refractivity contribution is 7.99. The minimum atomic E-state index is -0.819. The molecule has 0 aliphatic heterocycles. The summed E-state index contributed by atoms with van der Waals surface area (Å²) in [5.41, 5.74) is -0.134. The average Bonchev–Trinajstić information content (AvgIpc) is 2.50. The summed E-state index contributed by atoms with van der Waals surface area (Å²) in [6.07, 6.45) is 1.46. The van der Waals surface area contributed by atoms with E-state index in [1.807, 2.05) is 30.3 Å². The van der Waals surface area contributed by atoms with Crippen LogP contribution >= 0.6 is 11.8 Å². The molecular weight excluding hydrogens is 272 g/mol. The number of H-pyrrole nitrogens is 1. The van der Waals surface area contributed by atoms with Crippen molar-refractivity contribution in [2.75, 3.05) is 12.8 Å². The summed E-state index contributed by atoms with van der Waals surface area (Å²) in [6.45, 7) is 0. The Bertz CT molecular complexity index is 665. The zero-order valence-corrected chi connectivity index (χ0v) is 11.8. The number of nitriles is 1. The van der Waals surface area contributed by atoms with Crippen LogP contribution in [0.4, 0.5) is 0 Å². The van der Waals surface area contributed by atoms with Crippen LogP contribution in [0, 0.1) is 11.3 Å². The van der Waals surface area contributed by atoms with Crippen LogP contribution in [0.2, 0.25) is 0 Å². The Hall–Kier alpha value is -2.10. The monoisotopic (exact) mass is 286 g/mol. The first-order chi connectivity index (χ1) is 9.70. The number of nitrogens with one attached hydrogen (secondary N) is 2. The Labute approximate surface area is 121 Å². The molecule has 0 radical (unpaired) electrons. The predicted molar refractivity (Wildman–Crippen MR) is 78.4 cm³/mol. The van der Waals surface area contributed by atoms with E-state index in [4.69, 9.17) is 0 Å². The summed E-state index contributed by atoms with van der Waals surface area (Å²) in [4.78, 5) is 17.9. The molecule has 0 saturated heterocycles. The van der Waals surface area contributed by atoms with E-state index >= 15 is 0 Å². The van der Waals surface area contributed by atoms with E-state index in [0.717, 1.165) is 5.56 Å². The van der Waals surface area contributed by atoms with Crippen LogP contribution in [0.15, 0.2) is 52.5 Å². The van der Waals surface area contributed by atoms with Gasteiger partial charge in [-0.15, -0.1) is 0 Å². The van der Waals surface area contributed by atoms with Gasteiger partial charge in [-0.3, -0.25) is 10.1 Å². The van der Waals surface area contributed by atoms with E-state index in [2.05, 4.69) is 21.4 Å². The van der Waals surface area contributed by atoms with Crippen molar-refractivity contribution in [2.45, 2.75) is 10.7 Å². The van der Waals surface area contributed by atoms with Gasteiger partial charge in [-0.1, -0.05) is 42.1 Å². The van der Waals surface area contributed by atoms with Crippen LogP contribution in [0.1, 0.15) is 5.56 Å². The smallest absolute Gasteiger partial charge is 0.251 e. The minimum Gasteiger partial charge on any atom is -0.301 e. The van der Waals surface area contributed by atoms with E-state index in [1.54, 1.807) is 7.05 Å². The minimum absolute atomic E-state index is 0.200. The van der Waals surface area contributed by atoms with Gasteiger partial charge in [0.1, 0.15) is 5.54 Å². The second kappa shape index (κ2) is 6.37. The number of hydrogen-bond donors (Lipinski definition) is 2. The average molecular weight is 286 g/mol. The van der Waals surface area contributed by atoms with Gasteiger partial charge in [0.25, 0.3) is 5.56 Å². The molecule has 2 aromatic rings. The predicted octanol–water partition coefficient (Wildman–Crippen LogP) is 1.50. The van der Waals surface area contributed by atoms with Gasteiger partial charge < -0.3 is 4.98 Å². The van der Waals surface area contributed by atoms with Crippen molar-refractivity contribution in [1.29, 1.82) is 5.26 Å². The van der Waals surface area contributed by atoms with Gasteiger partial charge >= 0.3 is 0 Å². The Balaban J connectivity index is 2.23. The molecule has 0 bridgehead atoms. The van der Waals surface area contributed by atoms with Gasteiger partial charge in [0.05, 0.1) is 6.07 Å². The van der Waals surface area contributed by atoms with Crippen molar-refractivity contribution < 1.29 is 0 Å². The lowest BCUT2D eigenvalue weighted by Gasteiger charge is -2.25. The maximum Gasteiger partial charge on any atom is 0.251 e. The fourth-order valence-electron chi connectivity index (χ4n) is 1.78. The SMILES string of the molecule is CNC(C#N)(CSc1nccc(=O)[nH]1)c1ccccc1. The second-order valence-electron chi connectivity index (χ2n) is 4.16. The molecule has 1 aromatic heterocycles. The fraction of sp³-hybridized carbons (Fsp3) is 0.214. The molecule has 0 spiro atoms. The summed E-state index contributed by atoms with van der Waals surface area (Å²) < 4.78 is 0. The first kappa shape index (κ1) is 14.3. The lowest BCUT2D eigenvalue weighted by Crippen LogP contribution is -2.41. The molecule has 5 nitrogen and oxygen atoms in total. The van der Waals surface area contributed by atoms with Crippen molar-refractivity contribution in [3.05, 3.63) is 58.5 Å². The van der Waals surface area contributed by atoms with Crippen LogP contribution in [-0.4, -0.2) is 22.8 Å². The molecule has 0 amide bonds. The van der Waals surface area contributed by atoms with Crippen LogP contribution in [0.5, 0.6) is 0 Å². The third-order valence-corrected chi connectivity index (χ3v) is 4.02. The van der Waals surface area contributed by atoms with Gasteiger partial charge in [-0.05, 0) is 12.6 Å². The van der Waals surface area contributed by atoms with Gasteiger partial charge in [0.2, 0.25) is 0 Å². The van der Waals surface area contributed by atoms with Gasteiger partial charge in [0.15, 0.2) is 5.16 Å². The topological polar surface area (TPSA) is 81.6 Å². The van der Waals surface area contributed by atoms with Gasteiger partial charge in [-0.25, -0.2) is 4.98 Å². The van der Waals surface area contributed by atoms with Crippen molar-refractivity contribution in [3.8, 4) is 6.07 Å². The molecule has 1 atom stereocenters. The molecule has 2 rings (SSSR count). The fourth-order valence-corrected chi connectivity index (χ4v) is 2.81. The number of hydrogen-bond acceptors (Lipinski definition) is 5. The van der Waals surface area contributed by atoms with Crippen molar-refractivity contribution in [2.24, 2.45) is 0 Å². The first-order valence-corrected chi connectivity index (χ1v) is 7.02. The van der Waals surface area contributed by atoms with E-state index in [0.29, 0.717) is 10.9 Å². The van der Waals surface area contributed by atoms with Crippen LogP contribution < -0.4 is 10.9 Å². The first-order valence-electron chi connectivity index (χ1n) is 6.04. The number of aromatic amines is 1. The summed E-state index contributed by atoms with van der Waals surface area (Å²) >= 11 is 1.33. The quantitative estimate of drug-likeness (QED) is 0.643. The molecule has 0 aliphatic rings. The van der Waals surface area contributed by atoms with Crippen LogP contribution in [0.25, 0.3) is 0 Å². The number of aromatic nitrogens is 2. The van der Waals surface area contributed by atoms with Crippen molar-refractivity contribution in [3.63, 3.8) is 0 Å². The molecule has 1 unspecified atom stereocenters. The number of rotatable bonds is 5. The van der Waals surface area contributed by atoms with Gasteiger partial charge in [0, 0.05) is 18.0 Å². The molecular formula is C14H14N4OS. The lowest BCUT2D eigenvalue weighted by molar-refractivity contribution is 0.527. The molecule has 1 aromatic carbocycles. The highest BCUT2D eigenvalue weighted by Crippen LogP contribution is 2.27. The maximum absolute atomic E-state index is 11.2. The molecule has 102 valence electrons. The third-order valence-electron chi connectivity index (χ3n) is 2.96. The van der Waals surface area contributed by atoms with Crippen LogP contribution in [0.3, 0.4) is 0 Å². The molecule has 2 N–H and O–H groups in total. The van der Waals surface area contributed by atoms with E-state index in [9.17, 15) is 10.1 Å². The Morgan fingerprint density at radius 1 is 1.40 bits per heavy atom. The molecule has 0 saturated carbocycles. The molecule has 6 heteroatoms. The zero-order valence-electron chi connectivity index (χ0n) is 11.0. The van der Waals surface area contributed by atoms with Crippen molar-refractivity contribution >= 4 is 11.8 Å². The van der Waals surface area contributed by atoms with Gasteiger partial charge in [-0.2, -0.15) is 5.26 Å². The summed E-state index contributed by atoms with van der Waals surface area (Å²) in [6, 6.07) is 13.2. The van der Waals surface area contributed by atoms with Crippen molar-refractivity contribution in [1.82, 2.24) is 15.3 Å². The Morgan fingerprint density at radius 2 is 2.15 bits per heavy atom. The third kappa shape index (κ3) is 3.07. The Kier molecular flexibility index (Phi) is 4.56. The maximum atomic E-state index is 11.2. The Morgan fingerprint density at radius 3 is 2.75 bits per heavy atom. The molecule has 0 aliphatic carbocycles. The highest BCUT2D eigenvalue weighted by Gasteiger charge is 2.30. The summed E-state index contributed by atoms with van der Waals surface area (Å²) in [5, 5.41) is 13.1. The highest BCUT2D eigenvalue weighted by atomic mass is 32.2. The molecule has 1 heterocycles. The molecule has 20 heavy (non-hydrogen) atoms. The number of nitrogens with zero attached hydrogens (tertiary/aromatic N) is 2. The van der Waals surface area contributed by atoms with E-state index < -0.39 is 5.54 Å². The summed E-state index contributed by atoms with van der Waals surface area (Å²) in [7, 11) is 1.75. The normalized spacial score (nSPS) is 13.4. The second-order valence-corrected chi connectivity index (χ2v) is 5.13. The summed E-state index contributed by atoms with van der Waals surface area (Å²) in [5.74, 6) is 0.441. The van der Waals surface area contributed by atoms with Crippen LogP contribution in [-0.2, 0) is 5.54 Å². The number of benzene rings is 1. The largest absolute Gasteiger partial charge is 0.301 e.